The van der Waals surface area contributed by atoms with Gasteiger partial charge in [0.25, 0.3) is 10.0 Å². The van der Waals surface area contributed by atoms with Crippen LogP contribution in [-0.4, -0.2) is 23.7 Å². The maximum Gasteiger partial charge on any atom is 0.264 e. The van der Waals surface area contributed by atoms with Crippen molar-refractivity contribution >= 4 is 37.8 Å². The lowest BCUT2D eigenvalue weighted by Crippen LogP contribution is -2.12. The zero-order valence-corrected chi connectivity index (χ0v) is 12.1. The molecule has 18 heavy (non-hydrogen) atoms. The highest BCUT2D eigenvalue weighted by Gasteiger charge is 2.21. The molecule has 0 radical (unpaired) electrons. The number of rotatable bonds is 4. The first-order valence-corrected chi connectivity index (χ1v) is 8.07. The van der Waals surface area contributed by atoms with Gasteiger partial charge in [-0.3, -0.25) is 4.72 Å². The van der Waals surface area contributed by atoms with Gasteiger partial charge < -0.3 is 5.11 Å². The predicted molar refractivity (Wildman–Crippen MR) is 70.4 cm³/mol. The highest BCUT2D eigenvalue weighted by molar-refractivity contribution is 7.93. The Hall–Kier alpha value is -1.03. The van der Waals surface area contributed by atoms with Gasteiger partial charge in [0.15, 0.2) is 0 Å². The van der Waals surface area contributed by atoms with E-state index in [1.165, 1.54) is 28.7 Å². The van der Waals surface area contributed by atoms with Crippen LogP contribution in [0.2, 0.25) is 0 Å². The fraction of sp³-hybridized carbons (Fsp3) is 0.333. The van der Waals surface area contributed by atoms with Crippen LogP contribution in [0.4, 0.5) is 5.13 Å². The molecule has 0 unspecified atom stereocenters. The van der Waals surface area contributed by atoms with Gasteiger partial charge in [-0.1, -0.05) is 11.3 Å². The third-order valence-corrected chi connectivity index (χ3v) is 5.63. The lowest BCUT2D eigenvalue weighted by atomic mass is 10.4. The van der Waals surface area contributed by atoms with Gasteiger partial charge in [-0.25, -0.2) is 8.42 Å². The second kappa shape index (κ2) is 4.92. The summed E-state index contributed by atoms with van der Waals surface area (Å²) in [4.78, 5) is 1.42. The molecule has 0 aliphatic heterocycles. The number of anilines is 1. The average Bonchev–Trinajstić information content (AvgIpc) is 2.84. The number of thiophene rings is 1. The number of hydrogen-bond acceptors (Lipinski definition) is 7. The Bertz CT molecular complexity index is 660. The zero-order chi connectivity index (χ0) is 13.3. The Morgan fingerprint density at radius 3 is 2.56 bits per heavy atom. The van der Waals surface area contributed by atoms with Crippen molar-refractivity contribution < 1.29 is 13.5 Å². The van der Waals surface area contributed by atoms with Gasteiger partial charge in [0, 0.05) is 9.75 Å². The van der Waals surface area contributed by atoms with Crippen LogP contribution in [0.25, 0.3) is 0 Å². The Balaban J connectivity index is 2.33. The fourth-order valence-corrected chi connectivity index (χ4v) is 4.69. The van der Waals surface area contributed by atoms with Crippen molar-refractivity contribution in [3.63, 3.8) is 0 Å². The molecule has 9 heteroatoms. The quantitative estimate of drug-likeness (QED) is 0.893. The predicted octanol–water partition coefficient (Wildman–Crippen LogP) is 1.51. The summed E-state index contributed by atoms with van der Waals surface area (Å²) in [6.07, 6.45) is 0. The van der Waals surface area contributed by atoms with Crippen molar-refractivity contribution in [3.8, 4) is 0 Å². The molecule has 2 aromatic heterocycles. The molecule has 98 valence electrons. The SMILES string of the molecule is Cc1nnc(NS(=O)(=O)c2cc(CO)sc2C)s1. The van der Waals surface area contributed by atoms with Gasteiger partial charge in [0.05, 0.1) is 6.61 Å². The maximum atomic E-state index is 12.1. The summed E-state index contributed by atoms with van der Waals surface area (Å²) in [5.41, 5.74) is 0. The van der Waals surface area contributed by atoms with E-state index in [0.29, 0.717) is 14.8 Å². The summed E-state index contributed by atoms with van der Waals surface area (Å²) < 4.78 is 26.6. The summed E-state index contributed by atoms with van der Waals surface area (Å²) in [6, 6.07) is 1.47. The van der Waals surface area contributed by atoms with Crippen LogP contribution >= 0.6 is 22.7 Å². The molecule has 0 aliphatic carbocycles. The van der Waals surface area contributed by atoms with Crippen molar-refractivity contribution in [1.82, 2.24) is 10.2 Å². The number of aryl methyl sites for hydroxylation is 2. The van der Waals surface area contributed by atoms with E-state index in [1.54, 1.807) is 13.8 Å². The number of aromatic nitrogens is 2. The first kappa shape index (κ1) is 13.4. The summed E-state index contributed by atoms with van der Waals surface area (Å²) >= 11 is 2.42. The number of sulfonamides is 1. The second-order valence-corrected chi connectivity index (χ2v) is 7.70. The molecule has 6 nitrogen and oxygen atoms in total. The smallest absolute Gasteiger partial charge is 0.264 e. The second-order valence-electron chi connectivity index (χ2n) is 3.52. The van der Waals surface area contributed by atoms with E-state index in [4.69, 9.17) is 5.11 Å². The lowest BCUT2D eigenvalue weighted by molar-refractivity contribution is 0.285. The van der Waals surface area contributed by atoms with Crippen LogP contribution in [0, 0.1) is 13.8 Å². The average molecular weight is 305 g/mol. The molecular formula is C9H11N3O3S3. The van der Waals surface area contributed by atoms with Gasteiger partial charge >= 0.3 is 0 Å². The minimum absolute atomic E-state index is 0.168. The molecule has 2 rings (SSSR count). The summed E-state index contributed by atoms with van der Waals surface area (Å²) in [6.45, 7) is 3.28. The highest BCUT2D eigenvalue weighted by Crippen LogP contribution is 2.28. The van der Waals surface area contributed by atoms with Crippen LogP contribution in [0.5, 0.6) is 0 Å². The maximum absolute atomic E-state index is 12.1. The highest BCUT2D eigenvalue weighted by atomic mass is 32.2. The Morgan fingerprint density at radius 1 is 1.33 bits per heavy atom. The molecule has 0 saturated carbocycles. The molecule has 0 spiro atoms. The number of hydrogen-bond donors (Lipinski definition) is 2. The molecular weight excluding hydrogens is 294 g/mol. The van der Waals surface area contributed by atoms with E-state index in [-0.39, 0.29) is 16.6 Å². The zero-order valence-electron chi connectivity index (χ0n) is 9.67. The van der Waals surface area contributed by atoms with Gasteiger partial charge in [0.1, 0.15) is 9.90 Å². The number of aliphatic hydroxyl groups excluding tert-OH is 1. The van der Waals surface area contributed by atoms with E-state index >= 15 is 0 Å². The Morgan fingerprint density at radius 2 is 2.06 bits per heavy atom. The Kier molecular flexibility index (Phi) is 3.66. The number of nitrogens with one attached hydrogen (secondary N) is 1. The standard InChI is InChI=1S/C9H11N3O3S3/c1-5-8(3-7(4-13)16-5)18(14,15)12-9-11-10-6(2)17-9/h3,13H,4H2,1-2H3,(H,11,12). The van der Waals surface area contributed by atoms with Crippen molar-refractivity contribution in [2.24, 2.45) is 0 Å². The molecule has 2 heterocycles. The normalized spacial score (nSPS) is 11.7. The molecule has 2 aromatic rings. The molecule has 2 N–H and O–H groups in total. The molecule has 0 atom stereocenters. The van der Waals surface area contributed by atoms with Crippen LogP contribution in [0.15, 0.2) is 11.0 Å². The molecule has 0 saturated heterocycles. The van der Waals surface area contributed by atoms with Crippen molar-refractivity contribution in [2.75, 3.05) is 4.72 Å². The van der Waals surface area contributed by atoms with Crippen LogP contribution in [-0.2, 0) is 16.6 Å². The van der Waals surface area contributed by atoms with Crippen molar-refractivity contribution in [1.29, 1.82) is 0 Å². The van der Waals surface area contributed by atoms with Crippen LogP contribution in [0.1, 0.15) is 14.8 Å². The van der Waals surface area contributed by atoms with E-state index in [9.17, 15) is 8.42 Å². The molecule has 0 bridgehead atoms. The van der Waals surface area contributed by atoms with Gasteiger partial charge in [0.2, 0.25) is 5.13 Å². The van der Waals surface area contributed by atoms with E-state index < -0.39 is 10.0 Å². The first-order valence-electron chi connectivity index (χ1n) is 4.95. The fourth-order valence-electron chi connectivity index (χ4n) is 1.38. The number of aliphatic hydroxyl groups is 1. The van der Waals surface area contributed by atoms with Crippen molar-refractivity contribution in [2.45, 2.75) is 25.3 Å². The first-order chi connectivity index (χ1) is 8.42. The van der Waals surface area contributed by atoms with Gasteiger partial charge in [-0.15, -0.1) is 21.5 Å². The molecule has 0 aromatic carbocycles. The lowest BCUT2D eigenvalue weighted by Gasteiger charge is -2.02. The number of nitrogens with zero attached hydrogens (tertiary/aromatic N) is 2. The van der Waals surface area contributed by atoms with Crippen molar-refractivity contribution in [3.05, 3.63) is 20.8 Å². The van der Waals surface area contributed by atoms with Crippen LogP contribution in [0.3, 0.4) is 0 Å². The van der Waals surface area contributed by atoms with E-state index in [1.807, 2.05) is 0 Å². The third kappa shape index (κ3) is 2.69. The monoisotopic (exact) mass is 305 g/mol. The minimum atomic E-state index is -3.66. The van der Waals surface area contributed by atoms with Gasteiger partial charge in [-0.2, -0.15) is 0 Å². The summed E-state index contributed by atoms with van der Waals surface area (Å²) in [7, 11) is -3.66. The minimum Gasteiger partial charge on any atom is -0.391 e. The Labute approximate surface area is 112 Å². The van der Waals surface area contributed by atoms with E-state index in [2.05, 4.69) is 14.9 Å². The van der Waals surface area contributed by atoms with Gasteiger partial charge in [-0.05, 0) is 19.9 Å². The molecule has 0 aliphatic rings. The topological polar surface area (TPSA) is 92.2 Å². The molecule has 0 amide bonds. The van der Waals surface area contributed by atoms with E-state index in [0.717, 1.165) is 0 Å². The largest absolute Gasteiger partial charge is 0.391 e. The van der Waals surface area contributed by atoms with Crippen LogP contribution < -0.4 is 4.72 Å². The molecule has 0 fully saturated rings. The third-order valence-electron chi connectivity index (χ3n) is 2.12. The summed E-state index contributed by atoms with van der Waals surface area (Å²) in [5.74, 6) is 0. The summed E-state index contributed by atoms with van der Waals surface area (Å²) in [5, 5.41) is 17.4.